The summed E-state index contributed by atoms with van der Waals surface area (Å²) in [6.07, 6.45) is 3.62. The molecule has 0 N–H and O–H groups in total. The molecule has 1 aliphatic heterocycles. The van der Waals surface area contributed by atoms with Crippen LogP contribution >= 0.6 is 0 Å². The number of amides is 1. The minimum Gasteiger partial charge on any atom is -0.469 e. The van der Waals surface area contributed by atoms with Gasteiger partial charge in [0.05, 0.1) is 6.26 Å². The molecule has 1 amide bonds. The zero-order valence-corrected chi connectivity index (χ0v) is 13.7. The molecule has 0 bridgehead atoms. The highest BCUT2D eigenvalue weighted by molar-refractivity contribution is 5.93. The third-order valence-corrected chi connectivity index (χ3v) is 4.30. The van der Waals surface area contributed by atoms with Crippen molar-refractivity contribution in [2.24, 2.45) is 0 Å². The van der Waals surface area contributed by atoms with Crippen molar-refractivity contribution in [3.63, 3.8) is 0 Å². The Kier molecular flexibility index (Phi) is 4.99. The van der Waals surface area contributed by atoms with Crippen LogP contribution in [0.25, 0.3) is 0 Å². The summed E-state index contributed by atoms with van der Waals surface area (Å²) >= 11 is 0. The number of piperidine rings is 1. The molecule has 1 aromatic carbocycles. The molecular formula is C19H21NO4. The van der Waals surface area contributed by atoms with Crippen LogP contribution in [-0.4, -0.2) is 29.9 Å². The minimum absolute atomic E-state index is 0.157. The van der Waals surface area contributed by atoms with E-state index >= 15 is 0 Å². The zero-order chi connectivity index (χ0) is 16.9. The first kappa shape index (κ1) is 16.3. The van der Waals surface area contributed by atoms with Crippen LogP contribution in [0.15, 0.2) is 47.1 Å². The van der Waals surface area contributed by atoms with Gasteiger partial charge in [0.25, 0.3) is 5.91 Å². The van der Waals surface area contributed by atoms with Crippen molar-refractivity contribution in [3.8, 4) is 0 Å². The summed E-state index contributed by atoms with van der Waals surface area (Å²) in [4.78, 5) is 27.1. The van der Waals surface area contributed by atoms with Crippen LogP contribution in [0.1, 0.15) is 47.0 Å². The normalized spacial score (nSPS) is 15.8. The van der Waals surface area contributed by atoms with Crippen LogP contribution in [0.4, 0.5) is 0 Å². The fourth-order valence-corrected chi connectivity index (χ4v) is 2.94. The van der Waals surface area contributed by atoms with E-state index in [0.717, 1.165) is 19.3 Å². The fourth-order valence-electron chi connectivity index (χ4n) is 2.94. The molecule has 0 aliphatic carbocycles. The standard InChI is InChI=1S/C19H21NO4/c1-14-16(10-13-23-14)19(22)24-17(15-8-4-2-5-9-15)18(21)20-11-6-3-7-12-20/h2,4-5,8-10,13,17H,3,6-7,11-12H2,1H3. The Labute approximate surface area is 141 Å². The van der Waals surface area contributed by atoms with E-state index in [-0.39, 0.29) is 5.91 Å². The predicted octanol–water partition coefficient (Wildman–Crippen LogP) is 3.50. The quantitative estimate of drug-likeness (QED) is 0.807. The fraction of sp³-hybridized carbons (Fsp3) is 0.368. The molecule has 1 aromatic heterocycles. The van der Waals surface area contributed by atoms with Crippen molar-refractivity contribution in [1.82, 2.24) is 4.90 Å². The summed E-state index contributed by atoms with van der Waals surface area (Å²) in [5.74, 6) is -0.215. The summed E-state index contributed by atoms with van der Waals surface area (Å²) in [6, 6.07) is 10.7. The molecular weight excluding hydrogens is 306 g/mol. The van der Waals surface area contributed by atoms with Crippen LogP contribution in [-0.2, 0) is 9.53 Å². The van der Waals surface area contributed by atoms with Gasteiger partial charge in [0.1, 0.15) is 11.3 Å². The van der Waals surface area contributed by atoms with E-state index < -0.39 is 12.1 Å². The molecule has 3 rings (SSSR count). The number of rotatable bonds is 4. The second-order valence-corrected chi connectivity index (χ2v) is 5.97. The molecule has 1 atom stereocenters. The molecule has 1 unspecified atom stereocenters. The molecule has 1 aliphatic rings. The Morgan fingerprint density at radius 2 is 1.79 bits per heavy atom. The van der Waals surface area contributed by atoms with Gasteiger partial charge in [-0.15, -0.1) is 0 Å². The highest BCUT2D eigenvalue weighted by Crippen LogP contribution is 2.24. The van der Waals surface area contributed by atoms with E-state index in [0.29, 0.717) is 30.0 Å². The Morgan fingerprint density at radius 3 is 2.42 bits per heavy atom. The first-order valence-corrected chi connectivity index (χ1v) is 8.25. The maximum Gasteiger partial charge on any atom is 0.342 e. The Hall–Kier alpha value is -2.56. The second kappa shape index (κ2) is 7.34. The van der Waals surface area contributed by atoms with E-state index in [2.05, 4.69) is 0 Å². The van der Waals surface area contributed by atoms with Crippen molar-refractivity contribution in [2.75, 3.05) is 13.1 Å². The summed E-state index contributed by atoms with van der Waals surface area (Å²) < 4.78 is 10.7. The smallest absolute Gasteiger partial charge is 0.342 e. The van der Waals surface area contributed by atoms with Gasteiger partial charge < -0.3 is 14.1 Å². The molecule has 2 heterocycles. The molecule has 24 heavy (non-hydrogen) atoms. The SMILES string of the molecule is Cc1occc1C(=O)OC(C(=O)N1CCCCC1)c1ccccc1. The average Bonchev–Trinajstić information content (AvgIpc) is 3.06. The van der Waals surface area contributed by atoms with Gasteiger partial charge in [0.15, 0.2) is 0 Å². The number of esters is 1. The van der Waals surface area contributed by atoms with Crippen LogP contribution in [0.2, 0.25) is 0 Å². The monoisotopic (exact) mass is 327 g/mol. The predicted molar refractivity (Wildman–Crippen MR) is 88.5 cm³/mol. The topological polar surface area (TPSA) is 59.8 Å². The Balaban J connectivity index is 1.83. The molecule has 1 saturated heterocycles. The molecule has 5 heteroatoms. The molecule has 0 spiro atoms. The van der Waals surface area contributed by atoms with Gasteiger partial charge in [-0.2, -0.15) is 0 Å². The average molecular weight is 327 g/mol. The first-order valence-electron chi connectivity index (χ1n) is 8.25. The van der Waals surface area contributed by atoms with Crippen molar-refractivity contribution in [2.45, 2.75) is 32.3 Å². The number of aryl methyl sites for hydroxylation is 1. The van der Waals surface area contributed by atoms with Crippen molar-refractivity contribution in [3.05, 3.63) is 59.5 Å². The van der Waals surface area contributed by atoms with Crippen LogP contribution in [0.5, 0.6) is 0 Å². The number of hydrogen-bond donors (Lipinski definition) is 0. The number of likely N-dealkylation sites (tertiary alicyclic amines) is 1. The Bertz CT molecular complexity index is 701. The van der Waals surface area contributed by atoms with Gasteiger partial charge in [-0.05, 0) is 32.3 Å². The number of carbonyl (C=O) groups excluding carboxylic acids is 2. The van der Waals surface area contributed by atoms with Gasteiger partial charge >= 0.3 is 5.97 Å². The third-order valence-electron chi connectivity index (χ3n) is 4.30. The third kappa shape index (κ3) is 3.50. The van der Waals surface area contributed by atoms with Gasteiger partial charge in [0.2, 0.25) is 6.10 Å². The van der Waals surface area contributed by atoms with Crippen LogP contribution < -0.4 is 0 Å². The van der Waals surface area contributed by atoms with E-state index in [1.807, 2.05) is 30.3 Å². The number of benzene rings is 1. The first-order chi connectivity index (χ1) is 11.7. The minimum atomic E-state index is -0.925. The van der Waals surface area contributed by atoms with Crippen LogP contribution in [0, 0.1) is 6.92 Å². The number of carbonyl (C=O) groups is 2. The van der Waals surface area contributed by atoms with E-state index in [9.17, 15) is 9.59 Å². The molecule has 5 nitrogen and oxygen atoms in total. The zero-order valence-electron chi connectivity index (χ0n) is 13.7. The van der Waals surface area contributed by atoms with Crippen molar-refractivity contribution >= 4 is 11.9 Å². The van der Waals surface area contributed by atoms with Gasteiger partial charge in [-0.1, -0.05) is 30.3 Å². The lowest BCUT2D eigenvalue weighted by atomic mass is 10.1. The number of furan rings is 1. The second-order valence-electron chi connectivity index (χ2n) is 5.97. The molecule has 0 saturated carbocycles. The van der Waals surface area contributed by atoms with Gasteiger partial charge in [-0.3, -0.25) is 4.79 Å². The number of nitrogens with zero attached hydrogens (tertiary/aromatic N) is 1. The lowest BCUT2D eigenvalue weighted by Crippen LogP contribution is -2.40. The highest BCUT2D eigenvalue weighted by Gasteiger charge is 2.31. The molecule has 2 aromatic rings. The summed E-state index contributed by atoms with van der Waals surface area (Å²) in [7, 11) is 0. The van der Waals surface area contributed by atoms with E-state index in [1.54, 1.807) is 17.9 Å². The van der Waals surface area contributed by atoms with Gasteiger partial charge in [0, 0.05) is 18.7 Å². The lowest BCUT2D eigenvalue weighted by Gasteiger charge is -2.30. The lowest BCUT2D eigenvalue weighted by molar-refractivity contribution is -0.142. The number of ether oxygens (including phenoxy) is 1. The maximum absolute atomic E-state index is 12.9. The Morgan fingerprint density at radius 1 is 1.08 bits per heavy atom. The summed E-state index contributed by atoms with van der Waals surface area (Å²) in [5, 5.41) is 0. The van der Waals surface area contributed by atoms with E-state index in [4.69, 9.17) is 9.15 Å². The molecule has 126 valence electrons. The van der Waals surface area contributed by atoms with Crippen molar-refractivity contribution < 1.29 is 18.7 Å². The summed E-state index contributed by atoms with van der Waals surface area (Å²) in [5.41, 5.74) is 1.03. The number of hydrogen-bond acceptors (Lipinski definition) is 4. The van der Waals surface area contributed by atoms with Crippen molar-refractivity contribution in [1.29, 1.82) is 0 Å². The van der Waals surface area contributed by atoms with E-state index in [1.165, 1.54) is 6.26 Å². The largest absolute Gasteiger partial charge is 0.469 e. The molecule has 1 fully saturated rings. The highest BCUT2D eigenvalue weighted by atomic mass is 16.5. The summed E-state index contributed by atoms with van der Waals surface area (Å²) in [6.45, 7) is 3.12. The van der Waals surface area contributed by atoms with Gasteiger partial charge in [-0.25, -0.2) is 4.79 Å². The maximum atomic E-state index is 12.9. The van der Waals surface area contributed by atoms with Crippen LogP contribution in [0.3, 0.4) is 0 Å². The molecule has 0 radical (unpaired) electrons.